The van der Waals surface area contributed by atoms with Gasteiger partial charge in [-0.05, 0) is 60.7 Å². The Morgan fingerprint density at radius 1 is 0.968 bits per heavy atom. The van der Waals surface area contributed by atoms with E-state index in [1.807, 2.05) is 0 Å². The Kier molecular flexibility index (Phi) is 5.32. The zero-order valence-electron chi connectivity index (χ0n) is 15.8. The van der Waals surface area contributed by atoms with Crippen molar-refractivity contribution in [3.05, 3.63) is 84.2 Å². The van der Waals surface area contributed by atoms with Crippen LogP contribution >= 0.6 is 0 Å². The third-order valence-electron chi connectivity index (χ3n) is 4.34. The predicted molar refractivity (Wildman–Crippen MR) is 111 cm³/mol. The molecule has 1 aromatic heterocycles. The van der Waals surface area contributed by atoms with Crippen LogP contribution < -0.4 is 10.5 Å². The average molecular weight is 438 g/mol. The third kappa shape index (κ3) is 4.65. The molecule has 8 nitrogen and oxygen atoms in total. The van der Waals surface area contributed by atoms with Crippen molar-refractivity contribution < 1.29 is 22.1 Å². The highest BCUT2D eigenvalue weighted by Crippen LogP contribution is 2.23. The van der Waals surface area contributed by atoms with Gasteiger partial charge < -0.3 is 9.84 Å². The second kappa shape index (κ2) is 8.09. The Bertz CT molecular complexity index is 1350. The van der Waals surface area contributed by atoms with Crippen LogP contribution in [0.2, 0.25) is 0 Å². The van der Waals surface area contributed by atoms with Crippen molar-refractivity contribution in [3.63, 3.8) is 0 Å². The number of sulfonamides is 1. The predicted octanol–water partition coefficient (Wildman–Crippen LogP) is 3.44. The van der Waals surface area contributed by atoms with Crippen LogP contribution in [-0.2, 0) is 10.0 Å². The molecule has 0 spiro atoms. The lowest BCUT2D eigenvalue weighted by Gasteiger charge is -2.06. The van der Waals surface area contributed by atoms with E-state index in [1.165, 1.54) is 36.4 Å². The monoisotopic (exact) mass is 438 g/mol. The minimum atomic E-state index is -3.80. The van der Waals surface area contributed by atoms with E-state index in [1.54, 1.807) is 36.4 Å². The van der Waals surface area contributed by atoms with Crippen LogP contribution in [0.25, 0.3) is 22.8 Å². The maximum atomic E-state index is 13.4. The van der Waals surface area contributed by atoms with Gasteiger partial charge in [0, 0.05) is 22.4 Å². The lowest BCUT2D eigenvalue weighted by Crippen LogP contribution is -2.13. The highest BCUT2D eigenvalue weighted by atomic mass is 32.2. The molecule has 0 aliphatic rings. The normalized spacial score (nSPS) is 11.3. The number of nitrogens with two attached hydrogens (primary N) is 1. The van der Waals surface area contributed by atoms with Crippen LogP contribution in [0.15, 0.2) is 82.2 Å². The van der Waals surface area contributed by atoms with Crippen LogP contribution in [0.5, 0.6) is 0 Å². The van der Waals surface area contributed by atoms with Crippen molar-refractivity contribution in [2.45, 2.75) is 4.90 Å². The number of nitrogens with zero attached hydrogens (tertiary/aromatic N) is 2. The van der Waals surface area contributed by atoms with Crippen LogP contribution in [-0.4, -0.2) is 24.5 Å². The van der Waals surface area contributed by atoms with Gasteiger partial charge in [-0.15, -0.1) is 0 Å². The molecule has 0 aliphatic carbocycles. The summed E-state index contributed by atoms with van der Waals surface area (Å²) in [7, 11) is -3.80. The number of primary sulfonamides is 1. The number of anilines is 1. The van der Waals surface area contributed by atoms with Gasteiger partial charge >= 0.3 is 0 Å². The number of halogens is 1. The van der Waals surface area contributed by atoms with Crippen LogP contribution in [0.4, 0.5) is 10.1 Å². The maximum absolute atomic E-state index is 13.4. The first kappa shape index (κ1) is 20.4. The number of benzene rings is 3. The average Bonchev–Trinajstić information content (AvgIpc) is 3.24. The van der Waals surface area contributed by atoms with Crippen LogP contribution in [0, 0.1) is 5.82 Å². The fourth-order valence-electron chi connectivity index (χ4n) is 2.78. The number of carbonyl (C=O) groups is 1. The van der Waals surface area contributed by atoms with E-state index in [0.717, 1.165) is 0 Å². The summed E-state index contributed by atoms with van der Waals surface area (Å²) >= 11 is 0. The topological polar surface area (TPSA) is 128 Å². The molecule has 0 atom stereocenters. The highest BCUT2D eigenvalue weighted by Gasteiger charge is 2.13. The first-order valence-electron chi connectivity index (χ1n) is 8.94. The Hall–Kier alpha value is -3.89. The Labute approximate surface area is 176 Å². The molecule has 0 radical (unpaired) electrons. The lowest BCUT2D eigenvalue weighted by molar-refractivity contribution is 0.102. The molecule has 0 saturated carbocycles. The largest absolute Gasteiger partial charge is 0.334 e. The van der Waals surface area contributed by atoms with Gasteiger partial charge in [-0.2, -0.15) is 4.98 Å². The summed E-state index contributed by atoms with van der Waals surface area (Å²) in [6, 6.07) is 17.8. The molecule has 0 aliphatic heterocycles. The zero-order valence-corrected chi connectivity index (χ0v) is 16.6. The number of nitrogens with one attached hydrogen (secondary N) is 1. The minimum Gasteiger partial charge on any atom is -0.334 e. The van der Waals surface area contributed by atoms with Crippen molar-refractivity contribution >= 4 is 21.6 Å². The van der Waals surface area contributed by atoms with Crippen molar-refractivity contribution in [1.82, 2.24) is 10.1 Å². The molecular weight excluding hydrogens is 423 g/mol. The van der Waals surface area contributed by atoms with Gasteiger partial charge in [-0.1, -0.05) is 17.3 Å². The molecule has 3 aromatic carbocycles. The number of carbonyl (C=O) groups excluding carboxylic acids is 1. The van der Waals surface area contributed by atoms with Gasteiger partial charge in [-0.3, -0.25) is 4.79 Å². The fraction of sp³-hybridized carbons (Fsp3) is 0. The van der Waals surface area contributed by atoms with E-state index < -0.39 is 15.8 Å². The number of rotatable bonds is 5. The second-order valence-corrected chi connectivity index (χ2v) is 8.10. The lowest BCUT2D eigenvalue weighted by atomic mass is 10.1. The van der Waals surface area contributed by atoms with E-state index in [4.69, 9.17) is 9.66 Å². The first-order valence-corrected chi connectivity index (χ1v) is 10.5. The summed E-state index contributed by atoms with van der Waals surface area (Å²) in [6.45, 7) is 0. The van der Waals surface area contributed by atoms with Gasteiger partial charge in [-0.25, -0.2) is 17.9 Å². The highest BCUT2D eigenvalue weighted by molar-refractivity contribution is 7.89. The molecule has 1 heterocycles. The molecule has 1 amide bonds. The van der Waals surface area contributed by atoms with Crippen LogP contribution in [0.1, 0.15) is 10.4 Å². The van der Waals surface area contributed by atoms with Gasteiger partial charge in [0.25, 0.3) is 11.8 Å². The molecule has 156 valence electrons. The van der Waals surface area contributed by atoms with E-state index in [-0.39, 0.29) is 22.5 Å². The zero-order chi connectivity index (χ0) is 22.0. The summed E-state index contributed by atoms with van der Waals surface area (Å²) in [4.78, 5) is 16.6. The molecule has 0 saturated heterocycles. The quantitative estimate of drug-likeness (QED) is 0.491. The molecular formula is C21H15FN4O4S. The molecule has 10 heteroatoms. The summed E-state index contributed by atoms with van der Waals surface area (Å²) in [5.74, 6) is -0.316. The van der Waals surface area contributed by atoms with E-state index in [2.05, 4.69) is 15.5 Å². The maximum Gasteiger partial charge on any atom is 0.258 e. The van der Waals surface area contributed by atoms with E-state index in [9.17, 15) is 17.6 Å². The Morgan fingerprint density at radius 2 is 1.68 bits per heavy atom. The van der Waals surface area contributed by atoms with Crippen molar-refractivity contribution in [1.29, 1.82) is 0 Å². The fourth-order valence-corrected chi connectivity index (χ4v) is 3.30. The summed E-state index contributed by atoms with van der Waals surface area (Å²) in [5.41, 5.74) is 1.85. The van der Waals surface area contributed by atoms with Crippen molar-refractivity contribution in [2.75, 3.05) is 5.32 Å². The van der Waals surface area contributed by atoms with E-state index >= 15 is 0 Å². The second-order valence-electron chi connectivity index (χ2n) is 6.53. The van der Waals surface area contributed by atoms with Crippen molar-refractivity contribution in [2.24, 2.45) is 5.14 Å². The summed E-state index contributed by atoms with van der Waals surface area (Å²) < 4.78 is 41.2. The smallest absolute Gasteiger partial charge is 0.258 e. The summed E-state index contributed by atoms with van der Waals surface area (Å²) in [6.07, 6.45) is 0. The van der Waals surface area contributed by atoms with Gasteiger partial charge in [0.2, 0.25) is 15.8 Å². The minimum absolute atomic E-state index is 0.0491. The standard InChI is InChI=1S/C21H15FN4O4S/c22-16-3-1-2-15(12-16)19-25-21(30-26-19)14-6-4-13(5-7-14)20(27)24-17-8-10-18(11-9-17)31(23,28)29/h1-12H,(H,24,27)(H2,23,28,29). The van der Waals surface area contributed by atoms with E-state index in [0.29, 0.717) is 22.4 Å². The first-order chi connectivity index (χ1) is 14.8. The molecule has 0 bridgehead atoms. The molecule has 0 fully saturated rings. The Morgan fingerprint density at radius 3 is 2.32 bits per heavy atom. The molecule has 0 unspecified atom stereocenters. The van der Waals surface area contributed by atoms with Crippen molar-refractivity contribution in [3.8, 4) is 22.8 Å². The number of amides is 1. The third-order valence-corrected chi connectivity index (χ3v) is 5.27. The molecule has 4 rings (SSSR count). The van der Waals surface area contributed by atoms with Gasteiger partial charge in [0.05, 0.1) is 4.90 Å². The summed E-state index contributed by atoms with van der Waals surface area (Å²) in [5, 5.41) is 11.6. The molecule has 3 N–H and O–H groups in total. The van der Waals surface area contributed by atoms with Crippen LogP contribution in [0.3, 0.4) is 0 Å². The SMILES string of the molecule is NS(=O)(=O)c1ccc(NC(=O)c2ccc(-c3nc(-c4cccc(F)c4)no3)cc2)cc1. The number of hydrogen-bond acceptors (Lipinski definition) is 6. The van der Waals surface area contributed by atoms with Gasteiger partial charge in [0.15, 0.2) is 0 Å². The number of hydrogen-bond donors (Lipinski definition) is 2. The molecule has 31 heavy (non-hydrogen) atoms. The number of aromatic nitrogens is 2. The van der Waals surface area contributed by atoms with Gasteiger partial charge in [0.1, 0.15) is 5.82 Å². The Balaban J connectivity index is 1.47. The molecule has 4 aromatic rings.